The lowest BCUT2D eigenvalue weighted by atomic mass is 10.1. The molecule has 1 aliphatic heterocycles. The zero-order valence-electron chi connectivity index (χ0n) is 8.68. The number of methoxy groups -OCH3 is 1. The van der Waals surface area contributed by atoms with E-state index in [0.29, 0.717) is 22.5 Å². The van der Waals surface area contributed by atoms with E-state index in [1.54, 1.807) is 6.07 Å². The molecule has 0 aliphatic carbocycles. The van der Waals surface area contributed by atoms with Gasteiger partial charge in [0.25, 0.3) is 0 Å². The van der Waals surface area contributed by atoms with Crippen molar-refractivity contribution in [2.45, 2.75) is 12.3 Å². The fourth-order valence-electron chi connectivity index (χ4n) is 1.74. The molecule has 0 radical (unpaired) electrons. The minimum absolute atomic E-state index is 0.0419. The summed E-state index contributed by atoms with van der Waals surface area (Å²) in [6, 6.07) is 1.78. The normalized spacial score (nSPS) is 23.2. The summed E-state index contributed by atoms with van der Waals surface area (Å²) in [5.74, 6) is 0.771. The van der Waals surface area contributed by atoms with Gasteiger partial charge in [-0.1, -0.05) is 0 Å². The van der Waals surface area contributed by atoms with Crippen molar-refractivity contribution in [1.29, 1.82) is 0 Å². The quantitative estimate of drug-likeness (QED) is 0.820. The van der Waals surface area contributed by atoms with E-state index in [0.717, 1.165) is 0 Å². The van der Waals surface area contributed by atoms with E-state index in [9.17, 15) is 8.42 Å². The van der Waals surface area contributed by atoms with Crippen molar-refractivity contribution in [3.05, 3.63) is 16.2 Å². The molecule has 0 N–H and O–H groups in total. The van der Waals surface area contributed by atoms with Gasteiger partial charge in [0.1, 0.15) is 0 Å². The summed E-state index contributed by atoms with van der Waals surface area (Å²) in [6.07, 6.45) is 0.621. The van der Waals surface area contributed by atoms with Gasteiger partial charge in [-0.2, -0.15) is 5.10 Å². The Labute approximate surface area is 102 Å². The fourth-order valence-corrected chi connectivity index (χ4v) is 3.97. The van der Waals surface area contributed by atoms with Gasteiger partial charge in [0.2, 0.25) is 5.88 Å². The highest BCUT2D eigenvalue weighted by Gasteiger charge is 2.30. The Morgan fingerprint density at radius 1 is 1.50 bits per heavy atom. The second kappa shape index (κ2) is 4.29. The predicted molar refractivity (Wildman–Crippen MR) is 62.3 cm³/mol. The monoisotopic (exact) mass is 306 g/mol. The van der Waals surface area contributed by atoms with Gasteiger partial charge in [0.05, 0.1) is 28.8 Å². The Morgan fingerprint density at radius 3 is 2.75 bits per heavy atom. The molecule has 1 atom stereocenters. The van der Waals surface area contributed by atoms with Crippen LogP contribution in [-0.2, 0) is 9.84 Å². The van der Waals surface area contributed by atoms with Gasteiger partial charge in [-0.25, -0.2) is 8.42 Å². The molecule has 1 saturated heterocycles. The Morgan fingerprint density at radius 2 is 2.25 bits per heavy atom. The van der Waals surface area contributed by atoms with Crippen molar-refractivity contribution in [2.75, 3.05) is 18.6 Å². The molecule has 5 nitrogen and oxygen atoms in total. The maximum Gasteiger partial charge on any atom is 0.247 e. The molecule has 0 bridgehead atoms. The summed E-state index contributed by atoms with van der Waals surface area (Å²) < 4.78 is 28.3. The third-order valence-electron chi connectivity index (χ3n) is 2.58. The van der Waals surface area contributed by atoms with Crippen LogP contribution in [-0.4, -0.2) is 37.2 Å². The van der Waals surface area contributed by atoms with E-state index in [-0.39, 0.29) is 17.4 Å². The van der Waals surface area contributed by atoms with Gasteiger partial charge in [-0.15, -0.1) is 5.10 Å². The molecule has 1 fully saturated rings. The molecule has 16 heavy (non-hydrogen) atoms. The summed E-state index contributed by atoms with van der Waals surface area (Å²) in [7, 11) is -1.38. The largest absolute Gasteiger partial charge is 0.479 e. The summed E-state index contributed by atoms with van der Waals surface area (Å²) >= 11 is 3.31. The molecule has 0 saturated carbocycles. The van der Waals surface area contributed by atoms with E-state index in [2.05, 4.69) is 26.1 Å². The van der Waals surface area contributed by atoms with E-state index >= 15 is 0 Å². The lowest BCUT2D eigenvalue weighted by Crippen LogP contribution is -2.06. The maximum absolute atomic E-state index is 11.3. The topological polar surface area (TPSA) is 69.2 Å². The highest BCUT2D eigenvalue weighted by molar-refractivity contribution is 9.10. The number of sulfone groups is 1. The number of ether oxygens (including phenoxy) is 1. The molecular formula is C9H11BrN2O3S. The van der Waals surface area contributed by atoms with Crippen molar-refractivity contribution in [3.8, 4) is 5.88 Å². The third kappa shape index (κ3) is 2.35. The molecule has 1 aromatic heterocycles. The minimum Gasteiger partial charge on any atom is -0.479 e. The molecule has 1 unspecified atom stereocenters. The Bertz CT molecular complexity index is 503. The van der Waals surface area contributed by atoms with Crippen LogP contribution in [0, 0.1) is 0 Å². The first kappa shape index (κ1) is 11.8. The molecule has 0 amide bonds. The summed E-state index contributed by atoms with van der Waals surface area (Å²) in [6.45, 7) is 0. The second-order valence-corrected chi connectivity index (χ2v) is 6.81. The Kier molecular flexibility index (Phi) is 3.16. The lowest BCUT2D eigenvalue weighted by Gasteiger charge is -2.07. The Balaban J connectivity index is 2.26. The average molecular weight is 307 g/mol. The maximum atomic E-state index is 11.3. The van der Waals surface area contributed by atoms with Crippen LogP contribution >= 0.6 is 15.9 Å². The molecular weight excluding hydrogens is 296 g/mol. The summed E-state index contributed by atoms with van der Waals surface area (Å²) in [4.78, 5) is 0. The molecule has 7 heteroatoms. The number of halogens is 1. The van der Waals surface area contributed by atoms with Crippen LogP contribution in [0.5, 0.6) is 5.88 Å². The van der Waals surface area contributed by atoms with Crippen LogP contribution in [0.4, 0.5) is 0 Å². The van der Waals surface area contributed by atoms with Crippen LogP contribution in [0.25, 0.3) is 0 Å². The SMILES string of the molecule is COc1nnc(C2CCS(=O)(=O)C2)cc1Br. The zero-order valence-corrected chi connectivity index (χ0v) is 11.1. The minimum atomic E-state index is -2.89. The van der Waals surface area contributed by atoms with Crippen LogP contribution in [0.15, 0.2) is 10.5 Å². The third-order valence-corrected chi connectivity index (χ3v) is 4.92. The van der Waals surface area contributed by atoms with Gasteiger partial charge >= 0.3 is 0 Å². The first-order chi connectivity index (χ1) is 7.52. The molecule has 1 aromatic rings. The van der Waals surface area contributed by atoms with Gasteiger partial charge in [-0.05, 0) is 28.4 Å². The molecule has 2 rings (SSSR count). The van der Waals surface area contributed by atoms with Gasteiger partial charge < -0.3 is 4.74 Å². The van der Waals surface area contributed by atoms with Crippen LogP contribution in [0.3, 0.4) is 0 Å². The van der Waals surface area contributed by atoms with Crippen molar-refractivity contribution >= 4 is 25.8 Å². The fraction of sp³-hybridized carbons (Fsp3) is 0.556. The number of aromatic nitrogens is 2. The van der Waals surface area contributed by atoms with Crippen molar-refractivity contribution in [2.24, 2.45) is 0 Å². The first-order valence-corrected chi connectivity index (χ1v) is 7.41. The number of hydrogen-bond acceptors (Lipinski definition) is 5. The number of rotatable bonds is 2. The molecule has 88 valence electrons. The predicted octanol–water partition coefficient (Wildman–Crippen LogP) is 1.15. The average Bonchev–Trinajstić information content (AvgIpc) is 2.59. The van der Waals surface area contributed by atoms with E-state index in [4.69, 9.17) is 4.74 Å². The summed E-state index contributed by atoms with van der Waals surface area (Å²) in [5.41, 5.74) is 0.703. The first-order valence-electron chi connectivity index (χ1n) is 4.79. The van der Waals surface area contributed by atoms with Gasteiger partial charge in [-0.3, -0.25) is 0 Å². The number of hydrogen-bond donors (Lipinski definition) is 0. The molecule has 0 aromatic carbocycles. The molecule has 1 aliphatic rings. The Hall–Kier alpha value is -0.690. The smallest absolute Gasteiger partial charge is 0.247 e. The summed E-state index contributed by atoms with van der Waals surface area (Å²) in [5, 5.41) is 7.86. The highest BCUT2D eigenvalue weighted by Crippen LogP contribution is 2.30. The van der Waals surface area contributed by atoms with E-state index in [1.807, 2.05) is 0 Å². The zero-order chi connectivity index (χ0) is 11.8. The number of nitrogens with zero attached hydrogens (tertiary/aromatic N) is 2. The van der Waals surface area contributed by atoms with Gasteiger partial charge in [0.15, 0.2) is 9.84 Å². The van der Waals surface area contributed by atoms with Gasteiger partial charge in [0, 0.05) is 5.92 Å². The van der Waals surface area contributed by atoms with E-state index < -0.39 is 9.84 Å². The van der Waals surface area contributed by atoms with Crippen molar-refractivity contribution < 1.29 is 13.2 Å². The highest BCUT2D eigenvalue weighted by atomic mass is 79.9. The van der Waals surface area contributed by atoms with Crippen LogP contribution in [0.2, 0.25) is 0 Å². The lowest BCUT2D eigenvalue weighted by molar-refractivity contribution is 0.387. The molecule has 0 spiro atoms. The molecule has 2 heterocycles. The standard InChI is InChI=1S/C9H11BrN2O3S/c1-15-9-7(10)4-8(11-12-9)6-2-3-16(13,14)5-6/h4,6H,2-3,5H2,1H3. The second-order valence-electron chi connectivity index (χ2n) is 3.73. The van der Waals surface area contributed by atoms with E-state index in [1.165, 1.54) is 7.11 Å². The van der Waals surface area contributed by atoms with Crippen molar-refractivity contribution in [3.63, 3.8) is 0 Å². The van der Waals surface area contributed by atoms with Crippen molar-refractivity contribution in [1.82, 2.24) is 10.2 Å². The van der Waals surface area contributed by atoms with Crippen LogP contribution < -0.4 is 4.74 Å². The van der Waals surface area contributed by atoms with Crippen LogP contribution in [0.1, 0.15) is 18.0 Å².